The molecule has 1 aromatic heterocycles. The number of hydrogen-bond donors (Lipinski definition) is 4. The Hall–Kier alpha value is -3.67. The van der Waals surface area contributed by atoms with Gasteiger partial charge in [0.1, 0.15) is 11.7 Å². The zero-order valence-electron chi connectivity index (χ0n) is 23.8. The van der Waals surface area contributed by atoms with Crippen molar-refractivity contribution < 1.29 is 19.4 Å². The number of fused-ring (bicyclic) bond motifs is 1. The van der Waals surface area contributed by atoms with E-state index in [1.54, 1.807) is 12.4 Å². The molecule has 220 valence electrons. The zero-order valence-corrected chi connectivity index (χ0v) is 23.8. The molecule has 2 amide bonds. The number of amidine groups is 1. The number of aromatic nitrogens is 2. The van der Waals surface area contributed by atoms with Gasteiger partial charge < -0.3 is 25.8 Å². The lowest BCUT2D eigenvalue weighted by molar-refractivity contribution is -0.127. The first kappa shape index (κ1) is 30.3. The Morgan fingerprint density at radius 3 is 2.68 bits per heavy atom. The molecule has 2 aliphatic rings. The SMILES string of the molecule is CCCN(CCCNCOC1CCC1)C(=O)C1=Cc2ccc(-c3cnc(CNC(=O)CCO)nc3)cc2N=C(N)C1. The summed E-state index contributed by atoms with van der Waals surface area (Å²) < 4.78 is 5.75. The first-order valence-corrected chi connectivity index (χ1v) is 14.4. The van der Waals surface area contributed by atoms with Crippen molar-refractivity contribution in [3.8, 4) is 11.1 Å². The number of carbonyl (C=O) groups excluding carboxylic acids is 2. The van der Waals surface area contributed by atoms with Crippen LogP contribution in [0.25, 0.3) is 17.2 Å². The Morgan fingerprint density at radius 2 is 1.98 bits per heavy atom. The van der Waals surface area contributed by atoms with E-state index in [4.69, 9.17) is 15.6 Å². The normalized spacial score (nSPS) is 14.8. The van der Waals surface area contributed by atoms with E-state index < -0.39 is 0 Å². The third kappa shape index (κ3) is 8.91. The molecule has 1 aromatic carbocycles. The molecule has 1 fully saturated rings. The molecule has 0 spiro atoms. The molecule has 0 saturated heterocycles. The molecule has 0 radical (unpaired) electrons. The molecule has 11 heteroatoms. The van der Waals surface area contributed by atoms with Gasteiger partial charge in [-0.3, -0.25) is 14.9 Å². The van der Waals surface area contributed by atoms with Gasteiger partial charge in [-0.25, -0.2) is 15.0 Å². The van der Waals surface area contributed by atoms with Crippen molar-refractivity contribution in [2.24, 2.45) is 10.7 Å². The Balaban J connectivity index is 1.39. The molecule has 4 rings (SSSR count). The molecule has 2 heterocycles. The summed E-state index contributed by atoms with van der Waals surface area (Å²) in [5, 5.41) is 14.8. The number of carbonyl (C=O) groups is 2. The molecule has 0 unspecified atom stereocenters. The molecule has 1 aliphatic heterocycles. The number of amides is 2. The van der Waals surface area contributed by atoms with Crippen molar-refractivity contribution in [2.45, 2.75) is 64.5 Å². The van der Waals surface area contributed by atoms with E-state index in [1.165, 1.54) is 6.42 Å². The summed E-state index contributed by atoms with van der Waals surface area (Å²) in [4.78, 5) is 40.3. The second-order valence-corrected chi connectivity index (χ2v) is 10.4. The van der Waals surface area contributed by atoms with Gasteiger partial charge in [0.25, 0.3) is 0 Å². The van der Waals surface area contributed by atoms with Crippen molar-refractivity contribution in [3.63, 3.8) is 0 Å². The maximum atomic E-state index is 13.6. The average Bonchev–Trinajstić information content (AvgIpc) is 3.11. The monoisotopic (exact) mass is 563 g/mol. The second kappa shape index (κ2) is 15.4. The molecular weight excluding hydrogens is 522 g/mol. The van der Waals surface area contributed by atoms with Crippen molar-refractivity contribution in [3.05, 3.63) is 47.6 Å². The van der Waals surface area contributed by atoms with Gasteiger partial charge >= 0.3 is 0 Å². The van der Waals surface area contributed by atoms with Gasteiger partial charge in [-0.15, -0.1) is 0 Å². The van der Waals surface area contributed by atoms with Gasteiger partial charge in [-0.1, -0.05) is 19.1 Å². The van der Waals surface area contributed by atoms with E-state index in [9.17, 15) is 9.59 Å². The Morgan fingerprint density at radius 1 is 1.17 bits per heavy atom. The minimum atomic E-state index is -0.258. The number of aliphatic hydroxyl groups is 1. The molecule has 1 aliphatic carbocycles. The molecular formula is C30H41N7O4. The van der Waals surface area contributed by atoms with Gasteiger partial charge in [0.05, 0.1) is 31.7 Å². The fraction of sp³-hybridized carbons (Fsp3) is 0.500. The predicted molar refractivity (Wildman–Crippen MR) is 158 cm³/mol. The van der Waals surface area contributed by atoms with E-state index >= 15 is 0 Å². The number of rotatable bonds is 15. The van der Waals surface area contributed by atoms with Crippen LogP contribution in [0.5, 0.6) is 0 Å². The third-order valence-electron chi connectivity index (χ3n) is 7.13. The highest BCUT2D eigenvalue weighted by atomic mass is 16.5. The van der Waals surface area contributed by atoms with Crippen molar-refractivity contribution >= 4 is 29.4 Å². The van der Waals surface area contributed by atoms with Crippen LogP contribution in [0.1, 0.15) is 63.3 Å². The Bertz CT molecular complexity index is 1240. The van der Waals surface area contributed by atoms with Gasteiger partial charge in [-0.2, -0.15) is 0 Å². The summed E-state index contributed by atoms with van der Waals surface area (Å²) >= 11 is 0. The van der Waals surface area contributed by atoms with Crippen LogP contribution in [-0.4, -0.2) is 76.7 Å². The quantitative estimate of drug-likeness (QED) is 0.190. The highest BCUT2D eigenvalue weighted by Gasteiger charge is 2.22. The Labute approximate surface area is 241 Å². The van der Waals surface area contributed by atoms with Crippen LogP contribution in [0, 0.1) is 0 Å². The summed E-state index contributed by atoms with van der Waals surface area (Å²) in [5.41, 5.74) is 10.1. The lowest BCUT2D eigenvalue weighted by Crippen LogP contribution is -2.36. The Kier molecular flexibility index (Phi) is 11.4. The maximum Gasteiger partial charge on any atom is 0.250 e. The van der Waals surface area contributed by atoms with E-state index in [0.29, 0.717) is 48.8 Å². The largest absolute Gasteiger partial charge is 0.396 e. The maximum absolute atomic E-state index is 13.6. The first-order valence-electron chi connectivity index (χ1n) is 14.4. The number of aliphatic hydroxyl groups excluding tert-OH is 1. The molecule has 2 aromatic rings. The van der Waals surface area contributed by atoms with Crippen molar-refractivity contribution in [1.82, 2.24) is 25.5 Å². The number of aliphatic imine (C=N–C) groups is 1. The highest BCUT2D eigenvalue weighted by molar-refractivity contribution is 6.05. The second-order valence-electron chi connectivity index (χ2n) is 10.4. The van der Waals surface area contributed by atoms with Crippen LogP contribution < -0.4 is 16.4 Å². The summed E-state index contributed by atoms with van der Waals surface area (Å²) in [6.07, 6.45) is 11.3. The molecule has 11 nitrogen and oxygen atoms in total. The molecule has 0 bridgehead atoms. The number of nitrogens with one attached hydrogen (secondary N) is 2. The molecule has 0 atom stereocenters. The minimum Gasteiger partial charge on any atom is -0.396 e. The summed E-state index contributed by atoms with van der Waals surface area (Å²) in [7, 11) is 0. The topological polar surface area (TPSA) is 155 Å². The first-order chi connectivity index (χ1) is 20.0. The van der Waals surface area contributed by atoms with Crippen LogP contribution >= 0.6 is 0 Å². The summed E-state index contributed by atoms with van der Waals surface area (Å²) in [6.45, 7) is 4.74. The fourth-order valence-electron chi connectivity index (χ4n) is 4.64. The number of ether oxygens (including phenoxy) is 1. The summed E-state index contributed by atoms with van der Waals surface area (Å²) in [6, 6.07) is 5.78. The predicted octanol–water partition coefficient (Wildman–Crippen LogP) is 2.66. The van der Waals surface area contributed by atoms with Crippen molar-refractivity contribution in [1.29, 1.82) is 0 Å². The summed E-state index contributed by atoms with van der Waals surface area (Å²) in [5.74, 6) is 0.587. The lowest BCUT2D eigenvalue weighted by atomic mass is 9.96. The van der Waals surface area contributed by atoms with Crippen LogP contribution in [0.2, 0.25) is 0 Å². The number of hydrogen-bond acceptors (Lipinski definition) is 9. The minimum absolute atomic E-state index is 0.0114. The standard InChI is InChI=1S/C30H41N7O4/c1-2-11-37(12-4-10-32-20-41-25-5-3-6-25)30(40)23-14-22-8-7-21(15-26(22)36-27(31)16-23)24-17-33-28(34-18-24)19-35-29(39)9-13-38/h7-8,14-15,17-18,25,32,38H,2-6,9-13,16,19-20H2,1H3,(H2,31,36)(H,35,39). The number of nitrogens with two attached hydrogens (primary N) is 1. The van der Waals surface area contributed by atoms with Gasteiger partial charge in [0.15, 0.2) is 0 Å². The van der Waals surface area contributed by atoms with Crippen molar-refractivity contribution in [2.75, 3.05) is 33.0 Å². The third-order valence-corrected chi connectivity index (χ3v) is 7.13. The van der Waals surface area contributed by atoms with E-state index in [-0.39, 0.29) is 37.8 Å². The van der Waals surface area contributed by atoms with E-state index in [1.807, 2.05) is 29.2 Å². The lowest BCUT2D eigenvalue weighted by Gasteiger charge is -2.26. The van der Waals surface area contributed by atoms with Crippen LogP contribution in [0.3, 0.4) is 0 Å². The van der Waals surface area contributed by atoms with Crippen LogP contribution in [0.15, 0.2) is 41.2 Å². The molecule has 1 saturated carbocycles. The molecule has 41 heavy (non-hydrogen) atoms. The highest BCUT2D eigenvalue weighted by Crippen LogP contribution is 2.31. The van der Waals surface area contributed by atoms with Crippen LogP contribution in [0.4, 0.5) is 5.69 Å². The van der Waals surface area contributed by atoms with E-state index in [0.717, 1.165) is 48.9 Å². The van der Waals surface area contributed by atoms with Gasteiger partial charge in [-0.05, 0) is 56.4 Å². The smallest absolute Gasteiger partial charge is 0.250 e. The van der Waals surface area contributed by atoms with E-state index in [2.05, 4.69) is 32.5 Å². The molecule has 5 N–H and O–H groups in total. The zero-order chi connectivity index (χ0) is 29.0. The average molecular weight is 564 g/mol. The number of benzene rings is 1. The fourth-order valence-corrected chi connectivity index (χ4v) is 4.64. The number of nitrogens with zero attached hydrogens (tertiary/aromatic N) is 4. The van der Waals surface area contributed by atoms with Crippen LogP contribution in [-0.2, 0) is 20.9 Å². The van der Waals surface area contributed by atoms with Gasteiger partial charge in [0, 0.05) is 55.0 Å². The van der Waals surface area contributed by atoms with Gasteiger partial charge in [0.2, 0.25) is 11.8 Å².